The molecule has 0 saturated heterocycles. The lowest BCUT2D eigenvalue weighted by atomic mass is 9.80. The first-order valence-electron chi connectivity index (χ1n) is 11.5. The van der Waals surface area contributed by atoms with Crippen LogP contribution >= 0.6 is 0 Å². The van der Waals surface area contributed by atoms with Gasteiger partial charge >= 0.3 is 5.97 Å². The van der Waals surface area contributed by atoms with Crippen LogP contribution in [0.1, 0.15) is 76.8 Å². The Labute approximate surface area is 187 Å². The van der Waals surface area contributed by atoms with Gasteiger partial charge in [-0.1, -0.05) is 31.2 Å². The van der Waals surface area contributed by atoms with E-state index in [1.165, 1.54) is 7.11 Å². The van der Waals surface area contributed by atoms with Gasteiger partial charge in [-0.05, 0) is 75.8 Å². The fourth-order valence-electron chi connectivity index (χ4n) is 4.21. The molecule has 1 aliphatic rings. The number of methoxy groups -OCH3 is 1. The van der Waals surface area contributed by atoms with Crippen LogP contribution in [0.15, 0.2) is 24.3 Å². The first-order valence-corrected chi connectivity index (χ1v) is 13.1. The maximum atomic E-state index is 12.7. The van der Waals surface area contributed by atoms with Gasteiger partial charge in [-0.3, -0.25) is 9.59 Å². The van der Waals surface area contributed by atoms with Crippen molar-refractivity contribution < 1.29 is 22.7 Å². The summed E-state index contributed by atoms with van der Waals surface area (Å²) in [4.78, 5) is 24.1. The highest BCUT2D eigenvalue weighted by atomic mass is 32.2. The maximum absolute atomic E-state index is 12.7. The molecule has 0 heterocycles. The molecule has 1 saturated carbocycles. The van der Waals surface area contributed by atoms with Gasteiger partial charge in [-0.15, -0.1) is 0 Å². The van der Waals surface area contributed by atoms with Crippen LogP contribution in [0.5, 0.6) is 0 Å². The van der Waals surface area contributed by atoms with Crippen LogP contribution in [0.3, 0.4) is 0 Å². The van der Waals surface area contributed by atoms with Crippen LogP contribution in [0, 0.1) is 11.8 Å². The molecule has 0 spiro atoms. The van der Waals surface area contributed by atoms with E-state index in [2.05, 4.69) is 0 Å². The second-order valence-corrected chi connectivity index (χ2v) is 12.2. The number of aryl methyl sites for hydroxylation is 1. The summed E-state index contributed by atoms with van der Waals surface area (Å²) in [5, 5.41) is 0. The first-order chi connectivity index (χ1) is 14.6. The topological polar surface area (TPSA) is 77.5 Å². The molecule has 1 fully saturated rings. The van der Waals surface area contributed by atoms with Crippen molar-refractivity contribution in [3.63, 3.8) is 0 Å². The lowest BCUT2D eigenvalue weighted by Gasteiger charge is -2.31. The van der Waals surface area contributed by atoms with Gasteiger partial charge in [0.05, 0.1) is 24.0 Å². The van der Waals surface area contributed by atoms with Crippen LogP contribution in [0.25, 0.3) is 0 Å². The molecule has 1 aliphatic carbocycles. The van der Waals surface area contributed by atoms with Crippen molar-refractivity contribution in [3.05, 3.63) is 35.4 Å². The van der Waals surface area contributed by atoms with E-state index in [0.717, 1.165) is 49.7 Å². The minimum Gasteiger partial charge on any atom is -0.469 e. The van der Waals surface area contributed by atoms with E-state index >= 15 is 0 Å². The van der Waals surface area contributed by atoms with E-state index < -0.39 is 14.6 Å². The third kappa shape index (κ3) is 7.44. The Hall–Kier alpha value is -1.69. The molecular weight excluding hydrogens is 412 g/mol. The zero-order chi connectivity index (χ0) is 23.1. The Morgan fingerprint density at radius 1 is 1.10 bits per heavy atom. The molecule has 2 rings (SSSR count). The van der Waals surface area contributed by atoms with Crippen LogP contribution in [0.4, 0.5) is 0 Å². The summed E-state index contributed by atoms with van der Waals surface area (Å²) in [6.07, 6.45) is 6.29. The molecule has 0 amide bonds. The third-order valence-electron chi connectivity index (χ3n) is 6.91. The van der Waals surface area contributed by atoms with Gasteiger partial charge in [0, 0.05) is 12.3 Å². The molecule has 0 N–H and O–H groups in total. The van der Waals surface area contributed by atoms with Crippen molar-refractivity contribution >= 4 is 21.6 Å². The molecule has 0 unspecified atom stereocenters. The lowest BCUT2D eigenvalue weighted by Crippen LogP contribution is -2.36. The SMILES string of the molecule is CCC(C)(C)S(=O)(=O)CC1CCC(C(=O)CCCc2cccc(CC(=O)OC)c2)CC1. The predicted octanol–water partition coefficient (Wildman–Crippen LogP) is 4.70. The molecule has 31 heavy (non-hydrogen) atoms. The molecule has 1 aromatic rings. The number of ether oxygens (including phenoxy) is 1. The van der Waals surface area contributed by atoms with Crippen LogP contribution in [-0.4, -0.2) is 37.8 Å². The van der Waals surface area contributed by atoms with E-state index in [-0.39, 0.29) is 30.0 Å². The highest BCUT2D eigenvalue weighted by molar-refractivity contribution is 7.92. The molecule has 5 nitrogen and oxygen atoms in total. The molecule has 0 bridgehead atoms. The lowest BCUT2D eigenvalue weighted by molar-refractivity contribution is -0.139. The largest absolute Gasteiger partial charge is 0.469 e. The number of rotatable bonds is 11. The summed E-state index contributed by atoms with van der Waals surface area (Å²) in [6, 6.07) is 7.87. The van der Waals surface area contributed by atoms with Gasteiger partial charge in [-0.25, -0.2) is 8.42 Å². The molecule has 0 atom stereocenters. The monoisotopic (exact) mass is 450 g/mol. The Bertz CT molecular complexity index is 848. The number of esters is 1. The zero-order valence-corrected chi connectivity index (χ0v) is 20.3. The van der Waals surface area contributed by atoms with Gasteiger partial charge in [0.2, 0.25) is 0 Å². The number of carbonyl (C=O) groups is 2. The van der Waals surface area contributed by atoms with Crippen molar-refractivity contribution in [3.8, 4) is 0 Å². The smallest absolute Gasteiger partial charge is 0.309 e. The minimum absolute atomic E-state index is 0.0730. The van der Waals surface area contributed by atoms with E-state index in [9.17, 15) is 18.0 Å². The molecule has 6 heteroatoms. The van der Waals surface area contributed by atoms with Gasteiger partial charge in [0.1, 0.15) is 5.78 Å². The number of Topliss-reactive ketones (excluding diaryl/α,β-unsaturated/α-hetero) is 1. The van der Waals surface area contributed by atoms with Crippen molar-refractivity contribution in [2.75, 3.05) is 12.9 Å². The first kappa shape index (κ1) is 25.6. The molecule has 0 aliphatic heterocycles. The Kier molecular flexibility index (Phi) is 9.28. The summed E-state index contributed by atoms with van der Waals surface area (Å²) < 4.78 is 29.3. The van der Waals surface area contributed by atoms with Gasteiger partial charge < -0.3 is 4.74 Å². The Morgan fingerprint density at radius 3 is 2.35 bits per heavy atom. The molecule has 0 radical (unpaired) electrons. The van der Waals surface area contributed by atoms with Crippen molar-refractivity contribution in [1.29, 1.82) is 0 Å². The quantitative estimate of drug-likeness (QED) is 0.457. The summed E-state index contributed by atoms with van der Waals surface area (Å²) in [5.74, 6) is 0.549. The third-order valence-corrected chi connectivity index (χ3v) is 9.79. The minimum atomic E-state index is -3.12. The Balaban J connectivity index is 1.76. The van der Waals surface area contributed by atoms with Crippen molar-refractivity contribution in [2.45, 2.75) is 83.3 Å². The average Bonchev–Trinajstić information content (AvgIpc) is 2.74. The second kappa shape index (κ2) is 11.3. The highest BCUT2D eigenvalue weighted by Gasteiger charge is 2.36. The summed E-state index contributed by atoms with van der Waals surface area (Å²) in [5.41, 5.74) is 2.05. The van der Waals surface area contributed by atoms with Crippen molar-refractivity contribution in [2.24, 2.45) is 11.8 Å². The van der Waals surface area contributed by atoms with Gasteiger partial charge in [-0.2, -0.15) is 0 Å². The number of hydrogen-bond donors (Lipinski definition) is 0. The maximum Gasteiger partial charge on any atom is 0.309 e. The standard InChI is InChI=1S/C25H38O5S/c1-5-25(2,3)31(28,29)18-20-12-14-22(15-13-20)23(26)11-7-9-19-8-6-10-21(16-19)17-24(27)30-4/h6,8,10,16,20,22H,5,7,9,11-15,17-18H2,1-4H3. The summed E-state index contributed by atoms with van der Waals surface area (Å²) in [7, 11) is -1.73. The van der Waals surface area contributed by atoms with Crippen LogP contribution in [0.2, 0.25) is 0 Å². The second-order valence-electron chi connectivity index (χ2n) is 9.51. The average molecular weight is 451 g/mol. The predicted molar refractivity (Wildman–Crippen MR) is 124 cm³/mol. The van der Waals surface area contributed by atoms with E-state index in [1.807, 2.05) is 45.0 Å². The zero-order valence-electron chi connectivity index (χ0n) is 19.5. The number of hydrogen-bond acceptors (Lipinski definition) is 5. The number of sulfone groups is 1. The summed E-state index contributed by atoms with van der Waals surface area (Å²) >= 11 is 0. The molecule has 0 aromatic heterocycles. The Morgan fingerprint density at radius 2 is 1.74 bits per heavy atom. The summed E-state index contributed by atoms with van der Waals surface area (Å²) in [6.45, 7) is 5.54. The van der Waals surface area contributed by atoms with Crippen LogP contribution in [-0.2, 0) is 37.0 Å². The highest BCUT2D eigenvalue weighted by Crippen LogP contribution is 2.33. The molecule has 174 valence electrons. The normalized spacial score (nSPS) is 19.7. The van der Waals surface area contributed by atoms with E-state index in [1.54, 1.807) is 0 Å². The molecule has 1 aromatic carbocycles. The fraction of sp³-hybridized carbons (Fsp3) is 0.680. The van der Waals surface area contributed by atoms with Gasteiger partial charge in [0.25, 0.3) is 0 Å². The number of benzene rings is 1. The van der Waals surface area contributed by atoms with Gasteiger partial charge in [0.15, 0.2) is 9.84 Å². The van der Waals surface area contributed by atoms with E-state index in [0.29, 0.717) is 18.6 Å². The fourth-order valence-corrected chi connectivity index (χ4v) is 6.06. The number of ketones is 1. The number of carbonyl (C=O) groups excluding carboxylic acids is 2. The van der Waals surface area contributed by atoms with Crippen LogP contribution < -0.4 is 0 Å². The van der Waals surface area contributed by atoms with E-state index in [4.69, 9.17) is 4.74 Å². The molecular formula is C25H38O5S. The van der Waals surface area contributed by atoms with Crippen molar-refractivity contribution in [1.82, 2.24) is 0 Å².